The lowest BCUT2D eigenvalue weighted by atomic mass is 9.84. The van der Waals surface area contributed by atoms with Crippen molar-refractivity contribution in [2.75, 3.05) is 13.2 Å². The van der Waals surface area contributed by atoms with Crippen LogP contribution in [0.4, 0.5) is 0 Å². The number of nitrogens with zero attached hydrogens (tertiary/aromatic N) is 1. The van der Waals surface area contributed by atoms with Crippen molar-refractivity contribution in [3.63, 3.8) is 0 Å². The fourth-order valence-corrected chi connectivity index (χ4v) is 4.19. The number of carbonyl (C=O) groups is 2. The molecule has 1 aliphatic rings. The molecule has 0 aromatic heterocycles. The van der Waals surface area contributed by atoms with Gasteiger partial charge in [0.2, 0.25) is 0 Å². The fourth-order valence-electron chi connectivity index (χ4n) is 4.19. The highest BCUT2D eigenvalue weighted by atomic mass is 16.5. The SMILES string of the molecule is Cc1ccc(C(C)(C)C)cc1/C(O)=C1\C(=O)C(=O)N(CCCOC(C)C)C1c1cccc(O)c1. The first-order valence-corrected chi connectivity index (χ1v) is 11.7. The predicted molar refractivity (Wildman–Crippen MR) is 133 cm³/mol. The van der Waals surface area contributed by atoms with Crippen molar-refractivity contribution < 1.29 is 24.5 Å². The number of phenols is 1. The Morgan fingerprint density at radius 3 is 2.44 bits per heavy atom. The number of likely N-dealkylation sites (tertiary alicyclic amines) is 1. The van der Waals surface area contributed by atoms with Crippen LogP contribution in [0.3, 0.4) is 0 Å². The van der Waals surface area contributed by atoms with Crippen LogP contribution in [-0.2, 0) is 19.7 Å². The fraction of sp³-hybridized carbons (Fsp3) is 0.429. The first kappa shape index (κ1) is 25.5. The van der Waals surface area contributed by atoms with Crippen molar-refractivity contribution in [1.82, 2.24) is 4.90 Å². The van der Waals surface area contributed by atoms with E-state index in [1.54, 1.807) is 12.1 Å². The average Bonchev–Trinajstić information content (AvgIpc) is 3.00. The number of hydrogen-bond donors (Lipinski definition) is 2. The Balaban J connectivity index is 2.13. The lowest BCUT2D eigenvalue weighted by Gasteiger charge is -2.26. The summed E-state index contributed by atoms with van der Waals surface area (Å²) < 4.78 is 5.60. The van der Waals surface area contributed by atoms with Gasteiger partial charge in [-0.05, 0) is 67.5 Å². The van der Waals surface area contributed by atoms with Gasteiger partial charge >= 0.3 is 0 Å². The predicted octanol–water partition coefficient (Wildman–Crippen LogP) is 5.23. The number of Topliss-reactive ketones (excluding diaryl/α,β-unsaturated/α-hetero) is 1. The molecule has 1 saturated heterocycles. The van der Waals surface area contributed by atoms with E-state index >= 15 is 0 Å². The molecule has 1 atom stereocenters. The number of carbonyl (C=O) groups excluding carboxylic acids is 2. The maximum Gasteiger partial charge on any atom is 0.295 e. The molecule has 1 amide bonds. The number of ether oxygens (including phenoxy) is 1. The molecule has 0 bridgehead atoms. The zero-order chi connectivity index (χ0) is 25.2. The molecule has 3 rings (SSSR count). The minimum absolute atomic E-state index is 0.0251. The number of aryl methyl sites for hydroxylation is 1. The Kier molecular flexibility index (Phi) is 7.51. The summed E-state index contributed by atoms with van der Waals surface area (Å²) in [7, 11) is 0. The van der Waals surface area contributed by atoms with Gasteiger partial charge in [0.05, 0.1) is 17.7 Å². The van der Waals surface area contributed by atoms with Gasteiger partial charge in [0.1, 0.15) is 11.5 Å². The highest BCUT2D eigenvalue weighted by Crippen LogP contribution is 2.41. The van der Waals surface area contributed by atoms with E-state index in [2.05, 4.69) is 20.8 Å². The van der Waals surface area contributed by atoms with E-state index in [-0.39, 0.29) is 35.1 Å². The summed E-state index contributed by atoms with van der Waals surface area (Å²) in [5.41, 5.74) is 2.78. The van der Waals surface area contributed by atoms with Crippen LogP contribution in [0.1, 0.15) is 69.3 Å². The minimum Gasteiger partial charge on any atom is -0.508 e. The van der Waals surface area contributed by atoms with E-state index in [9.17, 15) is 19.8 Å². The van der Waals surface area contributed by atoms with Gasteiger partial charge in [-0.1, -0.05) is 45.0 Å². The van der Waals surface area contributed by atoms with Gasteiger partial charge in [0, 0.05) is 18.7 Å². The Morgan fingerprint density at radius 1 is 1.12 bits per heavy atom. The molecule has 0 saturated carbocycles. The van der Waals surface area contributed by atoms with Crippen LogP contribution in [0.25, 0.3) is 5.76 Å². The summed E-state index contributed by atoms with van der Waals surface area (Å²) >= 11 is 0. The van der Waals surface area contributed by atoms with Crippen molar-refractivity contribution in [3.8, 4) is 5.75 Å². The largest absolute Gasteiger partial charge is 0.508 e. The number of rotatable bonds is 7. The molecule has 1 heterocycles. The van der Waals surface area contributed by atoms with Crippen LogP contribution in [0.5, 0.6) is 5.75 Å². The Morgan fingerprint density at radius 2 is 1.82 bits per heavy atom. The molecule has 2 aromatic rings. The van der Waals surface area contributed by atoms with Gasteiger partial charge in [-0.25, -0.2) is 0 Å². The average molecular weight is 466 g/mol. The lowest BCUT2D eigenvalue weighted by molar-refractivity contribution is -0.140. The van der Waals surface area contributed by atoms with Crippen molar-refractivity contribution in [1.29, 1.82) is 0 Å². The summed E-state index contributed by atoms with van der Waals surface area (Å²) in [4.78, 5) is 27.8. The molecule has 1 fully saturated rings. The normalized spacial score (nSPS) is 18.2. The second-order valence-electron chi connectivity index (χ2n) is 10.1. The molecule has 2 aromatic carbocycles. The van der Waals surface area contributed by atoms with Gasteiger partial charge in [-0.3, -0.25) is 9.59 Å². The smallest absolute Gasteiger partial charge is 0.295 e. The molecular formula is C28H35NO5. The van der Waals surface area contributed by atoms with Crippen LogP contribution in [0.2, 0.25) is 0 Å². The van der Waals surface area contributed by atoms with Crippen LogP contribution in [-0.4, -0.2) is 46.1 Å². The Bertz CT molecular complexity index is 1110. The number of aromatic hydroxyl groups is 1. The van der Waals surface area contributed by atoms with Crippen LogP contribution in [0.15, 0.2) is 48.0 Å². The molecule has 1 aliphatic heterocycles. The third kappa shape index (κ3) is 5.33. The van der Waals surface area contributed by atoms with Crippen molar-refractivity contribution in [2.45, 2.75) is 65.5 Å². The van der Waals surface area contributed by atoms with Gasteiger partial charge in [-0.15, -0.1) is 0 Å². The van der Waals surface area contributed by atoms with E-state index in [0.717, 1.165) is 11.1 Å². The second-order valence-corrected chi connectivity index (χ2v) is 10.1. The molecule has 1 unspecified atom stereocenters. The third-order valence-corrected chi connectivity index (χ3v) is 6.08. The number of ketones is 1. The molecule has 0 radical (unpaired) electrons. The number of amides is 1. The van der Waals surface area contributed by atoms with Gasteiger partial charge in [0.25, 0.3) is 11.7 Å². The number of benzene rings is 2. The van der Waals surface area contributed by atoms with Crippen LogP contribution in [0, 0.1) is 6.92 Å². The van der Waals surface area contributed by atoms with E-state index in [0.29, 0.717) is 24.2 Å². The highest BCUT2D eigenvalue weighted by Gasteiger charge is 2.46. The Hall–Kier alpha value is -3.12. The summed E-state index contributed by atoms with van der Waals surface area (Å²) in [6.45, 7) is 12.7. The van der Waals surface area contributed by atoms with Crippen LogP contribution >= 0.6 is 0 Å². The molecule has 6 heteroatoms. The maximum absolute atomic E-state index is 13.2. The van der Waals surface area contributed by atoms with E-state index in [1.165, 1.54) is 17.0 Å². The minimum atomic E-state index is -0.802. The Labute approximate surface area is 201 Å². The first-order chi connectivity index (χ1) is 15.9. The summed E-state index contributed by atoms with van der Waals surface area (Å²) in [6, 6.07) is 11.5. The van der Waals surface area contributed by atoms with Gasteiger partial charge < -0.3 is 19.8 Å². The second kappa shape index (κ2) is 10.0. The standard InChI is InChI=1S/C28H35NO5/c1-17(2)34-14-8-13-29-24(19-9-7-10-21(30)15-19)23(26(32)27(29)33)25(31)22-16-20(28(4,5)6)12-11-18(22)3/h7,9-12,15-17,24,30-31H,8,13-14H2,1-6H3/b25-23+. The highest BCUT2D eigenvalue weighted by molar-refractivity contribution is 6.46. The monoisotopic (exact) mass is 465 g/mol. The van der Waals surface area contributed by atoms with Crippen molar-refractivity contribution in [2.24, 2.45) is 0 Å². The molecule has 34 heavy (non-hydrogen) atoms. The van der Waals surface area contributed by atoms with Crippen molar-refractivity contribution >= 4 is 17.4 Å². The molecular weight excluding hydrogens is 430 g/mol. The van der Waals surface area contributed by atoms with E-state index < -0.39 is 17.7 Å². The summed E-state index contributed by atoms with van der Waals surface area (Å²) in [6.07, 6.45) is 0.606. The number of aliphatic hydroxyl groups excluding tert-OH is 1. The third-order valence-electron chi connectivity index (χ3n) is 6.08. The summed E-state index contributed by atoms with van der Waals surface area (Å²) in [5, 5.41) is 21.5. The quantitative estimate of drug-likeness (QED) is 0.253. The summed E-state index contributed by atoms with van der Waals surface area (Å²) in [5.74, 6) is -1.56. The molecule has 0 aliphatic carbocycles. The topological polar surface area (TPSA) is 87.1 Å². The molecule has 182 valence electrons. The number of aliphatic hydroxyl groups is 1. The molecule has 6 nitrogen and oxygen atoms in total. The number of phenolic OH excluding ortho intramolecular Hbond substituents is 1. The first-order valence-electron chi connectivity index (χ1n) is 11.7. The number of hydrogen-bond acceptors (Lipinski definition) is 5. The molecule has 2 N–H and O–H groups in total. The van der Waals surface area contributed by atoms with E-state index in [4.69, 9.17) is 4.74 Å². The van der Waals surface area contributed by atoms with Gasteiger partial charge in [-0.2, -0.15) is 0 Å². The van der Waals surface area contributed by atoms with Crippen molar-refractivity contribution in [3.05, 3.63) is 70.3 Å². The van der Waals surface area contributed by atoms with Crippen LogP contribution < -0.4 is 0 Å². The zero-order valence-electron chi connectivity index (χ0n) is 20.9. The zero-order valence-corrected chi connectivity index (χ0v) is 20.9. The van der Waals surface area contributed by atoms with Gasteiger partial charge in [0.15, 0.2) is 0 Å². The van der Waals surface area contributed by atoms with E-state index in [1.807, 2.05) is 39.0 Å². The lowest BCUT2D eigenvalue weighted by Crippen LogP contribution is -2.31. The molecule has 0 spiro atoms. The maximum atomic E-state index is 13.2.